The summed E-state index contributed by atoms with van der Waals surface area (Å²) in [5.41, 5.74) is 3.28. The number of nitrogens with one attached hydrogen (secondary N) is 3. The van der Waals surface area contributed by atoms with Crippen LogP contribution in [0.4, 0.5) is 4.39 Å². The molecule has 2 heterocycles. The summed E-state index contributed by atoms with van der Waals surface area (Å²) in [5.74, 6) is -0.728. The van der Waals surface area contributed by atoms with E-state index in [1.165, 1.54) is 19.1 Å². The molecule has 0 atom stereocenters. The zero-order valence-electron chi connectivity index (χ0n) is 21.3. The molecule has 0 radical (unpaired) electrons. The van der Waals surface area contributed by atoms with Crippen LogP contribution in [0.2, 0.25) is 0 Å². The van der Waals surface area contributed by atoms with Crippen LogP contribution in [0.25, 0.3) is 6.08 Å². The molecule has 10 heteroatoms. The molecule has 1 aromatic carbocycles. The summed E-state index contributed by atoms with van der Waals surface area (Å²) in [7, 11) is 1.87. The van der Waals surface area contributed by atoms with Gasteiger partial charge in [0.15, 0.2) is 0 Å². The molecule has 0 bridgehead atoms. The van der Waals surface area contributed by atoms with Crippen LogP contribution in [-0.4, -0.2) is 65.7 Å². The molecule has 0 saturated heterocycles. The van der Waals surface area contributed by atoms with Gasteiger partial charge in [0.25, 0.3) is 5.91 Å². The molecular weight excluding hydrogens is 485 g/mol. The minimum atomic E-state index is -0.329. The van der Waals surface area contributed by atoms with Gasteiger partial charge in [0.1, 0.15) is 16.7 Å². The summed E-state index contributed by atoms with van der Waals surface area (Å²) < 4.78 is 12.1. The average molecular weight is 520 g/mol. The van der Waals surface area contributed by atoms with Crippen molar-refractivity contribution in [3.05, 3.63) is 63.8 Å². The highest BCUT2D eigenvalue weighted by atomic mass is 35.5. The monoisotopic (exact) mass is 519 g/mol. The topological polar surface area (TPSA) is 97.5 Å². The fourth-order valence-electron chi connectivity index (χ4n) is 3.51. The predicted molar refractivity (Wildman–Crippen MR) is 140 cm³/mol. The second kappa shape index (κ2) is 14.3. The number of halogens is 2. The van der Waals surface area contributed by atoms with Crippen molar-refractivity contribution in [1.82, 2.24) is 25.4 Å². The predicted octanol–water partition coefficient (Wildman–Crippen LogP) is 3.63. The van der Waals surface area contributed by atoms with E-state index >= 15 is 0 Å². The van der Waals surface area contributed by atoms with Crippen LogP contribution in [-0.2, 0) is 16.1 Å². The van der Waals surface area contributed by atoms with Crippen molar-refractivity contribution in [3.8, 4) is 0 Å². The van der Waals surface area contributed by atoms with E-state index in [2.05, 4.69) is 15.6 Å². The van der Waals surface area contributed by atoms with Gasteiger partial charge in [0.05, 0.1) is 13.1 Å². The molecule has 3 N–H and O–H groups in total. The number of fused-ring (bicyclic) bond motifs is 1. The molecule has 0 fully saturated rings. The lowest BCUT2D eigenvalue weighted by molar-refractivity contribution is -0.130. The van der Waals surface area contributed by atoms with Crippen LogP contribution < -0.4 is 10.6 Å². The number of aromatic amines is 1. The lowest BCUT2D eigenvalue weighted by atomic mass is 10.2. The van der Waals surface area contributed by atoms with Crippen LogP contribution in [0.5, 0.6) is 0 Å². The molecule has 1 aliphatic heterocycles. The number of aromatic nitrogens is 1. The maximum atomic E-state index is 12.5. The van der Waals surface area contributed by atoms with Gasteiger partial charge in [-0.05, 0) is 44.0 Å². The SMILES string of the molecule is CCCN(CCCNC(C)=O)C(=O)CNC(=O)c1cc2c([nH]1)CN(C)C(Cl)=C2.Cc1ccc(F)cc1. The number of nitrogens with zero attached hydrogens (tertiary/aromatic N) is 2. The molecule has 1 aliphatic rings. The molecule has 36 heavy (non-hydrogen) atoms. The maximum absolute atomic E-state index is 12.5. The summed E-state index contributed by atoms with van der Waals surface area (Å²) >= 11 is 6.12. The van der Waals surface area contributed by atoms with Gasteiger partial charge in [-0.15, -0.1) is 0 Å². The first-order chi connectivity index (χ1) is 17.1. The lowest BCUT2D eigenvalue weighted by Gasteiger charge is -2.22. The van der Waals surface area contributed by atoms with Gasteiger partial charge < -0.3 is 25.4 Å². The maximum Gasteiger partial charge on any atom is 0.268 e. The first-order valence-electron chi connectivity index (χ1n) is 11.9. The fourth-order valence-corrected chi connectivity index (χ4v) is 3.69. The van der Waals surface area contributed by atoms with Gasteiger partial charge in [-0.25, -0.2) is 4.39 Å². The zero-order valence-corrected chi connectivity index (χ0v) is 22.0. The molecule has 196 valence electrons. The van der Waals surface area contributed by atoms with Crippen molar-refractivity contribution in [3.63, 3.8) is 0 Å². The minimum Gasteiger partial charge on any atom is -0.360 e. The Morgan fingerprint density at radius 2 is 1.86 bits per heavy atom. The van der Waals surface area contributed by atoms with Crippen LogP contribution in [0.15, 0.2) is 35.5 Å². The van der Waals surface area contributed by atoms with E-state index in [9.17, 15) is 18.8 Å². The molecule has 0 saturated carbocycles. The molecular formula is C26H35ClFN5O3. The molecule has 1 aromatic heterocycles. The number of H-pyrrole nitrogens is 1. The molecule has 3 amide bonds. The summed E-state index contributed by atoms with van der Waals surface area (Å²) in [6, 6.07) is 8.14. The van der Waals surface area contributed by atoms with Crippen molar-refractivity contribution < 1.29 is 18.8 Å². The third-order valence-electron chi connectivity index (χ3n) is 5.45. The number of amides is 3. The van der Waals surface area contributed by atoms with E-state index in [0.717, 1.165) is 23.2 Å². The molecule has 3 rings (SSSR count). The Kier molecular flexibility index (Phi) is 11.5. The van der Waals surface area contributed by atoms with Crippen LogP contribution >= 0.6 is 11.6 Å². The van der Waals surface area contributed by atoms with Gasteiger partial charge in [-0.1, -0.05) is 36.2 Å². The third-order valence-corrected chi connectivity index (χ3v) is 5.85. The standard InChI is InChI=1S/C19H28ClN5O3.C7H7F/c1-4-7-25(8-5-6-21-13(2)26)18(27)11-22-19(28)15-9-14-10-17(20)24(3)12-16(14)23-15;1-6-2-4-7(8)5-3-6/h9-10,23H,4-8,11-12H2,1-3H3,(H,21,26)(H,22,28);2-5H,1H3. The minimum absolute atomic E-state index is 0.0703. The van der Waals surface area contributed by atoms with E-state index < -0.39 is 0 Å². The van der Waals surface area contributed by atoms with Crippen LogP contribution in [0.1, 0.15) is 54.0 Å². The van der Waals surface area contributed by atoms with E-state index in [0.29, 0.717) is 43.4 Å². The van der Waals surface area contributed by atoms with E-state index in [-0.39, 0.29) is 30.1 Å². The van der Waals surface area contributed by atoms with Gasteiger partial charge in [0.2, 0.25) is 11.8 Å². The molecule has 8 nitrogen and oxygen atoms in total. The van der Waals surface area contributed by atoms with Crippen LogP contribution in [0.3, 0.4) is 0 Å². The van der Waals surface area contributed by atoms with Crippen molar-refractivity contribution in [2.45, 2.75) is 40.2 Å². The second-order valence-corrected chi connectivity index (χ2v) is 9.02. The number of rotatable bonds is 9. The Morgan fingerprint density at radius 1 is 1.17 bits per heavy atom. The Bertz CT molecular complexity index is 1050. The van der Waals surface area contributed by atoms with Crippen LogP contribution in [0, 0.1) is 12.7 Å². The molecule has 2 aromatic rings. The number of benzene rings is 1. The lowest BCUT2D eigenvalue weighted by Crippen LogP contribution is -2.41. The number of hydrogen-bond donors (Lipinski definition) is 3. The quantitative estimate of drug-likeness (QED) is 0.348. The van der Waals surface area contributed by atoms with E-state index in [1.807, 2.05) is 25.8 Å². The summed E-state index contributed by atoms with van der Waals surface area (Å²) in [4.78, 5) is 42.5. The van der Waals surface area contributed by atoms with Gasteiger partial charge in [-0.3, -0.25) is 14.4 Å². The molecule has 0 unspecified atom stereocenters. The second-order valence-electron chi connectivity index (χ2n) is 8.64. The molecule has 0 aliphatic carbocycles. The Hall–Kier alpha value is -3.33. The highest BCUT2D eigenvalue weighted by Crippen LogP contribution is 2.25. The summed E-state index contributed by atoms with van der Waals surface area (Å²) in [6.07, 6.45) is 3.30. The Balaban J connectivity index is 0.000000482. The number of aryl methyl sites for hydroxylation is 1. The van der Waals surface area contributed by atoms with Crippen molar-refractivity contribution in [1.29, 1.82) is 0 Å². The largest absolute Gasteiger partial charge is 0.360 e. The van der Waals surface area contributed by atoms with Gasteiger partial charge >= 0.3 is 0 Å². The number of carbonyl (C=O) groups excluding carboxylic acids is 3. The smallest absolute Gasteiger partial charge is 0.268 e. The highest BCUT2D eigenvalue weighted by molar-refractivity contribution is 6.31. The summed E-state index contributed by atoms with van der Waals surface area (Å²) in [5, 5.41) is 6.01. The zero-order chi connectivity index (χ0) is 26.7. The van der Waals surface area contributed by atoms with Crippen molar-refractivity contribution in [2.24, 2.45) is 0 Å². The average Bonchev–Trinajstić information content (AvgIpc) is 3.24. The van der Waals surface area contributed by atoms with Crippen molar-refractivity contribution >= 4 is 35.4 Å². The highest BCUT2D eigenvalue weighted by Gasteiger charge is 2.20. The number of carbonyl (C=O) groups is 3. The van der Waals surface area contributed by atoms with E-state index in [4.69, 9.17) is 11.6 Å². The fraction of sp³-hybridized carbons (Fsp3) is 0.423. The Morgan fingerprint density at radius 3 is 2.47 bits per heavy atom. The Labute approximate surface area is 216 Å². The van der Waals surface area contributed by atoms with Gasteiger partial charge in [-0.2, -0.15) is 0 Å². The summed E-state index contributed by atoms with van der Waals surface area (Å²) in [6.45, 7) is 7.58. The van der Waals surface area contributed by atoms with Crippen molar-refractivity contribution in [2.75, 3.05) is 33.2 Å². The normalized spacial score (nSPS) is 12.1. The van der Waals surface area contributed by atoms with E-state index in [1.54, 1.807) is 29.2 Å². The number of hydrogen-bond acceptors (Lipinski definition) is 4. The van der Waals surface area contributed by atoms with Gasteiger partial charge in [0, 0.05) is 44.9 Å². The first kappa shape index (κ1) is 28.9. The third kappa shape index (κ3) is 9.37. The first-order valence-corrected chi connectivity index (χ1v) is 12.3. The molecule has 0 spiro atoms.